The maximum absolute atomic E-state index is 12.8. The molecule has 0 saturated carbocycles. The Labute approximate surface area is 167 Å². The molecule has 3 rings (SSSR count). The van der Waals surface area contributed by atoms with Gasteiger partial charge in [-0.25, -0.2) is 0 Å². The lowest BCUT2D eigenvalue weighted by molar-refractivity contribution is -0.129. The Kier molecular flexibility index (Phi) is 6.31. The highest BCUT2D eigenvalue weighted by molar-refractivity contribution is 5.98. The van der Waals surface area contributed by atoms with Crippen molar-refractivity contribution in [2.45, 2.75) is 39.0 Å². The Balaban J connectivity index is 1.65. The summed E-state index contributed by atoms with van der Waals surface area (Å²) in [6.07, 6.45) is 1.38. The molecule has 2 aromatic carbocycles. The number of fused-ring (bicyclic) bond motifs is 1. The van der Waals surface area contributed by atoms with Crippen molar-refractivity contribution in [3.63, 3.8) is 0 Å². The number of ether oxygens (including phenoxy) is 2. The van der Waals surface area contributed by atoms with Gasteiger partial charge in [0.25, 0.3) is 5.91 Å². The molecule has 0 bridgehead atoms. The standard InChI is InChI=1S/C21H22F2N2O4/c1-13-10-16-6-4-5-7-17(16)25(13)20(26)14(2)29-24-12-15-8-9-18(28-21(22)23)19(11-15)27-3/h4-9,11-14,21H,10H2,1-3H3/b24-12+. The second-order valence-electron chi connectivity index (χ2n) is 6.66. The number of rotatable bonds is 7. The summed E-state index contributed by atoms with van der Waals surface area (Å²) in [4.78, 5) is 19.9. The zero-order valence-electron chi connectivity index (χ0n) is 16.3. The van der Waals surface area contributed by atoms with Gasteiger partial charge in [-0.05, 0) is 50.1 Å². The molecule has 1 heterocycles. The lowest BCUT2D eigenvalue weighted by Gasteiger charge is -2.24. The van der Waals surface area contributed by atoms with Crippen LogP contribution in [-0.2, 0) is 16.1 Å². The van der Waals surface area contributed by atoms with Crippen molar-refractivity contribution in [1.82, 2.24) is 0 Å². The SMILES string of the molecule is COc1cc(/C=N/OC(C)C(=O)N2c3ccccc3CC2C)ccc1OC(F)F. The first kappa shape index (κ1) is 20.6. The number of alkyl halides is 2. The Bertz CT molecular complexity index is 904. The van der Waals surface area contributed by atoms with Gasteiger partial charge >= 0.3 is 6.61 Å². The lowest BCUT2D eigenvalue weighted by Crippen LogP contribution is -2.42. The van der Waals surface area contributed by atoms with Crippen molar-refractivity contribution in [2.75, 3.05) is 12.0 Å². The number of para-hydroxylation sites is 1. The van der Waals surface area contributed by atoms with Gasteiger partial charge in [-0.3, -0.25) is 4.79 Å². The number of halogens is 2. The van der Waals surface area contributed by atoms with Crippen LogP contribution in [0.2, 0.25) is 0 Å². The summed E-state index contributed by atoms with van der Waals surface area (Å²) in [7, 11) is 1.35. The van der Waals surface area contributed by atoms with Crippen LogP contribution in [0, 0.1) is 0 Å². The second-order valence-corrected chi connectivity index (χ2v) is 6.66. The fourth-order valence-electron chi connectivity index (χ4n) is 3.28. The largest absolute Gasteiger partial charge is 0.493 e. The molecular formula is C21H22F2N2O4. The molecule has 2 atom stereocenters. The van der Waals surface area contributed by atoms with E-state index in [4.69, 9.17) is 9.57 Å². The maximum Gasteiger partial charge on any atom is 0.387 e. The van der Waals surface area contributed by atoms with Gasteiger partial charge in [0.2, 0.25) is 6.10 Å². The molecule has 2 unspecified atom stereocenters. The second kappa shape index (κ2) is 8.89. The minimum absolute atomic E-state index is 0.0431. The quantitative estimate of drug-likeness (QED) is 0.517. The molecule has 0 saturated heterocycles. The fraction of sp³-hybridized carbons (Fsp3) is 0.333. The number of nitrogens with zero attached hydrogens (tertiary/aromatic N) is 2. The lowest BCUT2D eigenvalue weighted by atomic mass is 10.1. The summed E-state index contributed by atoms with van der Waals surface area (Å²) in [5, 5.41) is 3.86. The van der Waals surface area contributed by atoms with E-state index in [-0.39, 0.29) is 23.4 Å². The van der Waals surface area contributed by atoms with Crippen molar-refractivity contribution in [3.05, 3.63) is 53.6 Å². The summed E-state index contributed by atoms with van der Waals surface area (Å²) >= 11 is 0. The molecule has 1 amide bonds. The van der Waals surface area contributed by atoms with Crippen molar-refractivity contribution in [2.24, 2.45) is 5.16 Å². The number of carbonyl (C=O) groups is 1. The first-order valence-corrected chi connectivity index (χ1v) is 9.13. The number of amides is 1. The van der Waals surface area contributed by atoms with Gasteiger partial charge < -0.3 is 19.2 Å². The van der Waals surface area contributed by atoms with Gasteiger partial charge in [0.05, 0.1) is 13.3 Å². The van der Waals surface area contributed by atoms with Crippen molar-refractivity contribution >= 4 is 17.8 Å². The Morgan fingerprint density at radius 2 is 2.00 bits per heavy atom. The number of methoxy groups -OCH3 is 1. The van der Waals surface area contributed by atoms with E-state index < -0.39 is 12.7 Å². The summed E-state index contributed by atoms with van der Waals surface area (Å²) in [6.45, 7) is 0.674. The number of hydrogen-bond acceptors (Lipinski definition) is 5. The molecule has 8 heteroatoms. The minimum atomic E-state index is -2.95. The first-order valence-electron chi connectivity index (χ1n) is 9.13. The van der Waals surface area contributed by atoms with E-state index in [2.05, 4.69) is 9.89 Å². The van der Waals surface area contributed by atoms with Crippen molar-refractivity contribution < 1.29 is 27.9 Å². The van der Waals surface area contributed by atoms with Crippen LogP contribution in [0.25, 0.3) is 0 Å². The molecule has 2 aromatic rings. The van der Waals surface area contributed by atoms with E-state index in [1.807, 2.05) is 31.2 Å². The van der Waals surface area contributed by atoms with Gasteiger partial charge in [0.15, 0.2) is 11.5 Å². The maximum atomic E-state index is 12.8. The van der Waals surface area contributed by atoms with Gasteiger partial charge in [0.1, 0.15) is 0 Å². The summed E-state index contributed by atoms with van der Waals surface area (Å²) in [5.74, 6) is -0.121. The van der Waals surface area contributed by atoms with Crippen LogP contribution in [0.4, 0.5) is 14.5 Å². The minimum Gasteiger partial charge on any atom is -0.493 e. The number of anilines is 1. The third-order valence-electron chi connectivity index (χ3n) is 4.62. The highest BCUT2D eigenvalue weighted by atomic mass is 19.3. The average molecular weight is 404 g/mol. The number of benzene rings is 2. The van der Waals surface area contributed by atoms with Crippen LogP contribution in [0.1, 0.15) is 25.0 Å². The van der Waals surface area contributed by atoms with Gasteiger partial charge in [-0.15, -0.1) is 0 Å². The van der Waals surface area contributed by atoms with E-state index >= 15 is 0 Å². The van der Waals surface area contributed by atoms with Gasteiger partial charge in [-0.2, -0.15) is 8.78 Å². The van der Waals surface area contributed by atoms with E-state index in [9.17, 15) is 13.6 Å². The van der Waals surface area contributed by atoms with Crippen LogP contribution in [0.15, 0.2) is 47.6 Å². The highest BCUT2D eigenvalue weighted by Crippen LogP contribution is 2.32. The van der Waals surface area contributed by atoms with Crippen LogP contribution in [-0.4, -0.2) is 38.0 Å². The van der Waals surface area contributed by atoms with Crippen LogP contribution < -0.4 is 14.4 Å². The zero-order chi connectivity index (χ0) is 21.0. The molecule has 6 nitrogen and oxygen atoms in total. The van der Waals surface area contributed by atoms with E-state index in [0.717, 1.165) is 17.7 Å². The zero-order valence-corrected chi connectivity index (χ0v) is 16.3. The Hall–Kier alpha value is -3.16. The summed E-state index contributed by atoms with van der Waals surface area (Å²) in [6, 6.07) is 12.2. The molecule has 1 aliphatic rings. The molecule has 0 spiro atoms. The third-order valence-corrected chi connectivity index (χ3v) is 4.62. The molecule has 1 aliphatic heterocycles. The van der Waals surface area contributed by atoms with Crippen molar-refractivity contribution in [1.29, 1.82) is 0 Å². The molecule has 0 radical (unpaired) electrons. The van der Waals surface area contributed by atoms with Crippen molar-refractivity contribution in [3.8, 4) is 11.5 Å². The average Bonchev–Trinajstić information content (AvgIpc) is 3.03. The van der Waals surface area contributed by atoms with Crippen LogP contribution >= 0.6 is 0 Å². The predicted octanol–water partition coefficient (Wildman–Crippen LogP) is 4.01. The van der Waals surface area contributed by atoms with Crippen LogP contribution in [0.3, 0.4) is 0 Å². The molecule has 0 aromatic heterocycles. The molecule has 154 valence electrons. The normalized spacial score (nSPS) is 16.8. The monoisotopic (exact) mass is 404 g/mol. The Morgan fingerprint density at radius 1 is 1.24 bits per heavy atom. The Morgan fingerprint density at radius 3 is 2.72 bits per heavy atom. The smallest absolute Gasteiger partial charge is 0.387 e. The molecule has 0 N–H and O–H groups in total. The first-order chi connectivity index (χ1) is 13.9. The highest BCUT2D eigenvalue weighted by Gasteiger charge is 2.33. The molecule has 29 heavy (non-hydrogen) atoms. The van der Waals surface area contributed by atoms with E-state index in [1.54, 1.807) is 11.8 Å². The summed E-state index contributed by atoms with van der Waals surface area (Å²) in [5.41, 5.74) is 2.56. The van der Waals surface area contributed by atoms with Gasteiger partial charge in [0, 0.05) is 17.3 Å². The third kappa shape index (κ3) is 4.64. The van der Waals surface area contributed by atoms with E-state index in [0.29, 0.717) is 5.56 Å². The van der Waals surface area contributed by atoms with E-state index in [1.165, 1.54) is 31.5 Å². The number of oxime groups is 1. The molecule has 0 fully saturated rings. The number of hydrogen-bond donors (Lipinski definition) is 0. The summed E-state index contributed by atoms with van der Waals surface area (Å²) < 4.78 is 34.2. The fourth-order valence-corrected chi connectivity index (χ4v) is 3.28. The molecular weight excluding hydrogens is 382 g/mol. The molecule has 0 aliphatic carbocycles. The predicted molar refractivity (Wildman–Crippen MR) is 105 cm³/mol. The van der Waals surface area contributed by atoms with Gasteiger partial charge in [-0.1, -0.05) is 23.4 Å². The number of carbonyl (C=O) groups excluding carboxylic acids is 1. The topological polar surface area (TPSA) is 60.4 Å². The van der Waals surface area contributed by atoms with Crippen LogP contribution in [0.5, 0.6) is 11.5 Å².